The minimum atomic E-state index is -0.850. The number of hydrogen-bond acceptors (Lipinski definition) is 5. The van der Waals surface area contributed by atoms with E-state index < -0.39 is 11.2 Å². The molecule has 7 heteroatoms. The quantitative estimate of drug-likeness (QED) is 0.799. The lowest BCUT2D eigenvalue weighted by Gasteiger charge is -2.48. The van der Waals surface area contributed by atoms with Crippen molar-refractivity contribution < 1.29 is 14.6 Å². The molecule has 1 N–H and O–H groups in total. The van der Waals surface area contributed by atoms with E-state index in [2.05, 4.69) is 20.9 Å². The van der Waals surface area contributed by atoms with Crippen LogP contribution in [0.4, 0.5) is 4.79 Å². The average molecular weight is 389 g/mol. The van der Waals surface area contributed by atoms with E-state index in [0.29, 0.717) is 25.9 Å². The fourth-order valence-electron chi connectivity index (χ4n) is 3.41. The number of hydrogen-bond donors (Lipinski definition) is 1. The second kappa shape index (κ2) is 5.18. The van der Waals surface area contributed by atoms with E-state index in [1.54, 1.807) is 4.90 Å². The number of ether oxygens (including phenoxy) is 1. The van der Waals surface area contributed by atoms with Gasteiger partial charge in [0.1, 0.15) is 20.8 Å². The summed E-state index contributed by atoms with van der Waals surface area (Å²) in [5.74, 6) is 0. The number of amides is 1. The van der Waals surface area contributed by atoms with Crippen LogP contribution in [0.1, 0.15) is 45.0 Å². The average Bonchev–Trinajstić information content (AvgIpc) is 2.90. The maximum Gasteiger partial charge on any atom is 0.410 e. The van der Waals surface area contributed by atoms with Crippen LogP contribution in [0, 0.1) is 5.41 Å². The molecule has 0 aromatic carbocycles. The predicted molar refractivity (Wildman–Crippen MR) is 87.8 cm³/mol. The molecule has 5 nitrogen and oxygen atoms in total. The fraction of sp³-hybridized carbons (Fsp3) is 0.733. The largest absolute Gasteiger partial charge is 0.444 e. The van der Waals surface area contributed by atoms with E-state index in [4.69, 9.17) is 4.74 Å². The zero-order chi connectivity index (χ0) is 16.2. The number of aromatic nitrogens is 1. The molecule has 1 saturated carbocycles. The first-order valence-electron chi connectivity index (χ1n) is 7.43. The smallest absolute Gasteiger partial charge is 0.410 e. The van der Waals surface area contributed by atoms with Crippen LogP contribution in [-0.2, 0) is 10.3 Å². The van der Waals surface area contributed by atoms with E-state index in [-0.39, 0.29) is 11.5 Å². The molecule has 1 saturated heterocycles. The van der Waals surface area contributed by atoms with Crippen molar-refractivity contribution in [2.24, 2.45) is 5.41 Å². The van der Waals surface area contributed by atoms with Gasteiger partial charge in [0.2, 0.25) is 0 Å². The fourth-order valence-corrected chi connectivity index (χ4v) is 4.79. The van der Waals surface area contributed by atoms with Gasteiger partial charge in [0.05, 0.1) is 0 Å². The van der Waals surface area contributed by atoms with Crippen LogP contribution >= 0.6 is 27.3 Å². The molecule has 1 spiro atoms. The maximum absolute atomic E-state index is 12.0. The van der Waals surface area contributed by atoms with Crippen molar-refractivity contribution in [3.05, 3.63) is 15.0 Å². The minimum Gasteiger partial charge on any atom is -0.444 e. The van der Waals surface area contributed by atoms with Crippen LogP contribution in [0.3, 0.4) is 0 Å². The molecule has 2 heterocycles. The van der Waals surface area contributed by atoms with E-state index in [1.165, 1.54) is 11.3 Å². The Morgan fingerprint density at radius 2 is 2.14 bits per heavy atom. The Hall–Kier alpha value is -0.660. The summed E-state index contributed by atoms with van der Waals surface area (Å²) in [7, 11) is 0. The summed E-state index contributed by atoms with van der Waals surface area (Å²) in [5.41, 5.74) is -1.30. The Kier molecular flexibility index (Phi) is 3.81. The van der Waals surface area contributed by atoms with Crippen LogP contribution in [0.25, 0.3) is 0 Å². The SMILES string of the molecule is CC(C)(C)OC(=O)N1CC2(CCC(O)(c3nc(Br)cs3)C2)C1. The van der Waals surface area contributed by atoms with E-state index in [0.717, 1.165) is 16.0 Å². The summed E-state index contributed by atoms with van der Waals surface area (Å²) in [6.07, 6.45) is 2.03. The van der Waals surface area contributed by atoms with Crippen molar-refractivity contribution in [2.75, 3.05) is 13.1 Å². The Balaban J connectivity index is 1.62. The molecule has 1 amide bonds. The van der Waals surface area contributed by atoms with Gasteiger partial charge in [0.25, 0.3) is 0 Å². The number of halogens is 1. The summed E-state index contributed by atoms with van der Waals surface area (Å²) >= 11 is 4.82. The van der Waals surface area contributed by atoms with Gasteiger partial charge in [-0.15, -0.1) is 11.3 Å². The molecule has 1 aliphatic heterocycles. The van der Waals surface area contributed by atoms with Gasteiger partial charge < -0.3 is 14.7 Å². The number of nitrogens with zero attached hydrogens (tertiary/aromatic N) is 2. The molecule has 1 aromatic rings. The third-order valence-electron chi connectivity index (χ3n) is 4.31. The van der Waals surface area contributed by atoms with Crippen LogP contribution in [0.15, 0.2) is 9.98 Å². The number of thiazole rings is 1. The van der Waals surface area contributed by atoms with Crippen molar-refractivity contribution in [2.45, 2.75) is 51.2 Å². The molecule has 0 bridgehead atoms. The molecule has 1 atom stereocenters. The Morgan fingerprint density at radius 1 is 1.45 bits per heavy atom. The molecule has 1 aromatic heterocycles. The van der Waals surface area contributed by atoms with E-state index in [9.17, 15) is 9.90 Å². The summed E-state index contributed by atoms with van der Waals surface area (Å²) in [6.45, 7) is 6.94. The lowest BCUT2D eigenvalue weighted by Crippen LogP contribution is -2.58. The second-order valence-electron chi connectivity index (χ2n) is 7.52. The molecule has 2 aliphatic rings. The molecule has 122 valence electrons. The highest BCUT2D eigenvalue weighted by Gasteiger charge is 2.56. The molecule has 1 unspecified atom stereocenters. The summed E-state index contributed by atoms with van der Waals surface area (Å²) in [4.78, 5) is 18.1. The molecule has 22 heavy (non-hydrogen) atoms. The van der Waals surface area contributed by atoms with E-state index in [1.807, 2.05) is 26.2 Å². The maximum atomic E-state index is 12.0. The second-order valence-corrected chi connectivity index (χ2v) is 9.19. The zero-order valence-corrected chi connectivity index (χ0v) is 15.5. The first-order chi connectivity index (χ1) is 10.1. The minimum absolute atomic E-state index is 0.0177. The normalized spacial score (nSPS) is 27.0. The van der Waals surface area contributed by atoms with Crippen molar-refractivity contribution in [3.8, 4) is 0 Å². The number of carbonyl (C=O) groups is 1. The molecular weight excluding hydrogens is 368 g/mol. The summed E-state index contributed by atoms with van der Waals surface area (Å²) in [5, 5.41) is 13.5. The molecule has 2 fully saturated rings. The lowest BCUT2D eigenvalue weighted by atomic mass is 9.77. The number of likely N-dealkylation sites (tertiary alicyclic amines) is 1. The number of carbonyl (C=O) groups excluding carboxylic acids is 1. The van der Waals surface area contributed by atoms with Crippen molar-refractivity contribution in [1.29, 1.82) is 0 Å². The molecule has 0 radical (unpaired) electrons. The van der Waals surface area contributed by atoms with Gasteiger partial charge in [0.15, 0.2) is 0 Å². The van der Waals surface area contributed by atoms with Crippen LogP contribution in [-0.4, -0.2) is 39.8 Å². The first kappa shape index (κ1) is 16.2. The third-order valence-corrected chi connectivity index (χ3v) is 6.06. The van der Waals surface area contributed by atoms with Crippen LogP contribution in [0.5, 0.6) is 0 Å². The number of aliphatic hydroxyl groups is 1. The molecular formula is C15H21BrN2O3S. The van der Waals surface area contributed by atoms with Gasteiger partial charge in [-0.05, 0) is 56.0 Å². The highest BCUT2D eigenvalue weighted by atomic mass is 79.9. The topological polar surface area (TPSA) is 62.7 Å². The lowest BCUT2D eigenvalue weighted by molar-refractivity contribution is -0.0478. The summed E-state index contributed by atoms with van der Waals surface area (Å²) in [6, 6.07) is 0. The number of rotatable bonds is 1. The van der Waals surface area contributed by atoms with Crippen LogP contribution in [0.2, 0.25) is 0 Å². The van der Waals surface area contributed by atoms with Gasteiger partial charge in [-0.1, -0.05) is 0 Å². The van der Waals surface area contributed by atoms with Crippen LogP contribution < -0.4 is 0 Å². The zero-order valence-electron chi connectivity index (χ0n) is 13.1. The van der Waals surface area contributed by atoms with E-state index >= 15 is 0 Å². The highest BCUT2D eigenvalue weighted by Crippen LogP contribution is 2.54. The Bertz CT molecular complexity index is 592. The molecule has 3 rings (SSSR count). The summed E-state index contributed by atoms with van der Waals surface area (Å²) < 4.78 is 6.16. The first-order valence-corrected chi connectivity index (χ1v) is 9.10. The van der Waals surface area contributed by atoms with Gasteiger partial charge >= 0.3 is 6.09 Å². The third kappa shape index (κ3) is 3.03. The van der Waals surface area contributed by atoms with Gasteiger partial charge in [-0.2, -0.15) is 0 Å². The predicted octanol–water partition coefficient (Wildman–Crippen LogP) is 3.51. The van der Waals surface area contributed by atoms with Crippen molar-refractivity contribution in [3.63, 3.8) is 0 Å². The van der Waals surface area contributed by atoms with Gasteiger partial charge in [0, 0.05) is 23.9 Å². The standard InChI is InChI=1S/C15H21BrN2O3S/c1-13(2,3)21-12(19)18-8-14(9-18)4-5-15(20,7-14)11-17-10(16)6-22-11/h6,20H,4-5,7-9H2,1-3H3. The highest BCUT2D eigenvalue weighted by molar-refractivity contribution is 9.10. The monoisotopic (exact) mass is 388 g/mol. The van der Waals surface area contributed by atoms with Gasteiger partial charge in [-0.25, -0.2) is 9.78 Å². The molecule has 1 aliphatic carbocycles. The Morgan fingerprint density at radius 3 is 2.68 bits per heavy atom. The van der Waals surface area contributed by atoms with Crippen molar-refractivity contribution >= 4 is 33.4 Å². The Labute approximate surface area is 142 Å². The van der Waals surface area contributed by atoms with Gasteiger partial charge in [-0.3, -0.25) is 0 Å². The van der Waals surface area contributed by atoms with Crippen molar-refractivity contribution in [1.82, 2.24) is 9.88 Å².